The number of carbonyl (C=O) groups excluding carboxylic acids is 1. The maximum atomic E-state index is 12.3. The quantitative estimate of drug-likeness (QED) is 0.917. The lowest BCUT2D eigenvalue weighted by Crippen LogP contribution is -2.33. The Morgan fingerprint density at radius 3 is 2.95 bits per heavy atom. The molecule has 0 radical (unpaired) electrons. The van der Waals surface area contributed by atoms with Crippen molar-refractivity contribution in [1.29, 1.82) is 0 Å². The number of hydrogen-bond acceptors (Lipinski definition) is 3. The van der Waals surface area contributed by atoms with E-state index in [0.717, 1.165) is 28.2 Å². The topological polar surface area (TPSA) is 54.9 Å². The highest BCUT2D eigenvalue weighted by Gasteiger charge is 2.23. The maximum Gasteiger partial charge on any atom is 0.270 e. The summed E-state index contributed by atoms with van der Waals surface area (Å²) in [5, 5.41) is 4.00. The van der Waals surface area contributed by atoms with Crippen molar-refractivity contribution in [1.82, 2.24) is 15.3 Å². The van der Waals surface area contributed by atoms with Crippen LogP contribution in [0.25, 0.3) is 10.9 Å². The Bertz CT molecular complexity index is 659. The van der Waals surface area contributed by atoms with Gasteiger partial charge in [0.25, 0.3) is 5.91 Å². The van der Waals surface area contributed by atoms with Crippen molar-refractivity contribution in [2.45, 2.75) is 32.2 Å². The van der Waals surface area contributed by atoms with Crippen LogP contribution in [0.1, 0.15) is 36.7 Å². The minimum absolute atomic E-state index is 0.0882. The van der Waals surface area contributed by atoms with Gasteiger partial charge < -0.3 is 5.32 Å². The third-order valence-electron chi connectivity index (χ3n) is 3.82. The first-order valence-corrected chi connectivity index (χ1v) is 7.64. The lowest BCUT2D eigenvalue weighted by Gasteiger charge is -2.12. The SMILES string of the molecule is CC1CCC(NC(=O)c2ccc3cncc(Br)c3n2)C1. The second kappa shape index (κ2) is 5.48. The molecule has 0 saturated heterocycles. The van der Waals surface area contributed by atoms with Crippen LogP contribution in [0.5, 0.6) is 0 Å². The molecule has 1 saturated carbocycles. The van der Waals surface area contributed by atoms with Gasteiger partial charge in [-0.05, 0) is 53.2 Å². The molecule has 0 aliphatic heterocycles. The van der Waals surface area contributed by atoms with E-state index in [1.54, 1.807) is 18.5 Å². The van der Waals surface area contributed by atoms with E-state index in [0.29, 0.717) is 11.6 Å². The molecule has 2 unspecified atom stereocenters. The van der Waals surface area contributed by atoms with Gasteiger partial charge in [-0.1, -0.05) is 6.92 Å². The van der Waals surface area contributed by atoms with Crippen LogP contribution in [0.15, 0.2) is 29.0 Å². The highest BCUT2D eigenvalue weighted by molar-refractivity contribution is 9.10. The summed E-state index contributed by atoms with van der Waals surface area (Å²) in [6.45, 7) is 2.23. The summed E-state index contributed by atoms with van der Waals surface area (Å²) in [6.07, 6.45) is 6.75. The molecule has 3 rings (SSSR count). The van der Waals surface area contributed by atoms with Gasteiger partial charge in [-0.2, -0.15) is 0 Å². The van der Waals surface area contributed by atoms with Crippen LogP contribution in [0.3, 0.4) is 0 Å². The smallest absolute Gasteiger partial charge is 0.270 e. The Labute approximate surface area is 126 Å². The van der Waals surface area contributed by atoms with Crippen molar-refractivity contribution >= 4 is 32.7 Å². The van der Waals surface area contributed by atoms with Gasteiger partial charge in [0, 0.05) is 23.8 Å². The van der Waals surface area contributed by atoms with E-state index in [2.05, 4.69) is 38.1 Å². The zero-order chi connectivity index (χ0) is 14.1. The van der Waals surface area contributed by atoms with Crippen molar-refractivity contribution in [2.75, 3.05) is 0 Å². The van der Waals surface area contributed by atoms with Crippen LogP contribution in [0, 0.1) is 5.92 Å². The molecule has 1 fully saturated rings. The molecule has 2 aromatic rings. The molecular formula is C15H16BrN3O. The Hall–Kier alpha value is -1.49. The predicted octanol–water partition coefficient (Wildman–Crippen LogP) is 3.31. The summed E-state index contributed by atoms with van der Waals surface area (Å²) in [5.74, 6) is 0.611. The van der Waals surface area contributed by atoms with E-state index >= 15 is 0 Å². The lowest BCUT2D eigenvalue weighted by atomic mass is 10.1. The zero-order valence-electron chi connectivity index (χ0n) is 11.3. The second-order valence-corrected chi connectivity index (χ2v) is 6.33. The summed E-state index contributed by atoms with van der Waals surface area (Å²) in [5.41, 5.74) is 1.23. The average Bonchev–Trinajstić information content (AvgIpc) is 2.84. The molecule has 0 spiro atoms. The molecule has 2 aromatic heterocycles. The molecule has 1 N–H and O–H groups in total. The number of nitrogens with one attached hydrogen (secondary N) is 1. The van der Waals surface area contributed by atoms with Gasteiger partial charge in [-0.3, -0.25) is 9.78 Å². The van der Waals surface area contributed by atoms with Crippen molar-refractivity contribution in [2.24, 2.45) is 5.92 Å². The van der Waals surface area contributed by atoms with Gasteiger partial charge in [0.15, 0.2) is 0 Å². The summed E-state index contributed by atoms with van der Waals surface area (Å²) in [6, 6.07) is 3.92. The number of carbonyl (C=O) groups is 1. The fourth-order valence-electron chi connectivity index (χ4n) is 2.73. The third kappa shape index (κ3) is 2.68. The number of halogens is 1. The standard InChI is InChI=1S/C15H16BrN3O/c1-9-2-4-11(6-9)18-15(20)13-5-3-10-7-17-8-12(16)14(10)19-13/h3,5,7-9,11H,2,4,6H2,1H3,(H,18,20). The molecule has 5 heteroatoms. The molecule has 1 aliphatic carbocycles. The molecule has 2 atom stereocenters. The van der Waals surface area contributed by atoms with Crippen LogP contribution in [-0.4, -0.2) is 21.9 Å². The number of amides is 1. The normalized spacial score (nSPS) is 22.1. The van der Waals surface area contributed by atoms with Crippen LogP contribution in [0.2, 0.25) is 0 Å². The first-order chi connectivity index (χ1) is 9.63. The van der Waals surface area contributed by atoms with E-state index in [-0.39, 0.29) is 11.9 Å². The number of fused-ring (bicyclic) bond motifs is 1. The third-order valence-corrected chi connectivity index (χ3v) is 4.40. The number of hydrogen-bond donors (Lipinski definition) is 1. The molecule has 4 nitrogen and oxygen atoms in total. The summed E-state index contributed by atoms with van der Waals surface area (Å²) in [4.78, 5) is 20.8. The van der Waals surface area contributed by atoms with Crippen LogP contribution < -0.4 is 5.32 Å². The highest BCUT2D eigenvalue weighted by atomic mass is 79.9. The number of rotatable bonds is 2. The monoisotopic (exact) mass is 333 g/mol. The Balaban J connectivity index is 1.83. The van der Waals surface area contributed by atoms with Gasteiger partial charge in [0.05, 0.1) is 9.99 Å². The predicted molar refractivity (Wildman–Crippen MR) is 81.5 cm³/mol. The van der Waals surface area contributed by atoms with Gasteiger partial charge in [-0.15, -0.1) is 0 Å². The summed E-state index contributed by atoms with van der Waals surface area (Å²) in [7, 11) is 0. The van der Waals surface area contributed by atoms with Crippen LogP contribution in [0.4, 0.5) is 0 Å². The molecule has 0 aromatic carbocycles. The molecule has 104 valence electrons. The number of pyridine rings is 2. The fraction of sp³-hybridized carbons (Fsp3) is 0.400. The van der Waals surface area contributed by atoms with Crippen molar-refractivity contribution in [3.8, 4) is 0 Å². The Morgan fingerprint density at radius 2 is 2.20 bits per heavy atom. The van der Waals surface area contributed by atoms with Crippen molar-refractivity contribution < 1.29 is 4.79 Å². The molecule has 2 heterocycles. The van der Waals surface area contributed by atoms with E-state index in [1.165, 1.54) is 6.42 Å². The highest BCUT2D eigenvalue weighted by Crippen LogP contribution is 2.25. The van der Waals surface area contributed by atoms with E-state index in [9.17, 15) is 4.79 Å². The van der Waals surface area contributed by atoms with E-state index < -0.39 is 0 Å². The number of nitrogens with zero attached hydrogens (tertiary/aromatic N) is 2. The zero-order valence-corrected chi connectivity index (χ0v) is 12.9. The minimum Gasteiger partial charge on any atom is -0.348 e. The van der Waals surface area contributed by atoms with Gasteiger partial charge in [0.1, 0.15) is 5.69 Å². The molecule has 0 bridgehead atoms. The van der Waals surface area contributed by atoms with Gasteiger partial charge in [0.2, 0.25) is 0 Å². The Kier molecular flexibility index (Phi) is 3.70. The fourth-order valence-corrected chi connectivity index (χ4v) is 3.17. The van der Waals surface area contributed by atoms with E-state index in [4.69, 9.17) is 0 Å². The first-order valence-electron chi connectivity index (χ1n) is 6.84. The molecular weight excluding hydrogens is 318 g/mol. The number of aromatic nitrogens is 2. The Morgan fingerprint density at radius 1 is 1.35 bits per heavy atom. The largest absolute Gasteiger partial charge is 0.348 e. The average molecular weight is 334 g/mol. The van der Waals surface area contributed by atoms with Crippen molar-refractivity contribution in [3.05, 3.63) is 34.7 Å². The summed E-state index contributed by atoms with van der Waals surface area (Å²) < 4.78 is 0.805. The van der Waals surface area contributed by atoms with Gasteiger partial charge in [-0.25, -0.2) is 4.98 Å². The molecule has 1 aliphatic rings. The second-order valence-electron chi connectivity index (χ2n) is 5.48. The summed E-state index contributed by atoms with van der Waals surface area (Å²) >= 11 is 3.42. The molecule has 20 heavy (non-hydrogen) atoms. The molecule has 1 amide bonds. The maximum absolute atomic E-state index is 12.3. The minimum atomic E-state index is -0.0882. The van der Waals surface area contributed by atoms with Crippen LogP contribution >= 0.6 is 15.9 Å². The van der Waals surface area contributed by atoms with Crippen LogP contribution in [-0.2, 0) is 0 Å². The van der Waals surface area contributed by atoms with E-state index in [1.807, 2.05) is 6.07 Å². The van der Waals surface area contributed by atoms with Gasteiger partial charge >= 0.3 is 0 Å². The van der Waals surface area contributed by atoms with Crippen molar-refractivity contribution in [3.63, 3.8) is 0 Å². The lowest BCUT2D eigenvalue weighted by molar-refractivity contribution is 0.0932. The first kappa shape index (κ1) is 13.5.